The minimum absolute atomic E-state index is 0.167. The lowest BCUT2D eigenvalue weighted by Crippen LogP contribution is -2.28. The van der Waals surface area contributed by atoms with Crippen molar-refractivity contribution >= 4 is 40.9 Å². The summed E-state index contributed by atoms with van der Waals surface area (Å²) in [6, 6.07) is 16.1. The molecule has 0 atom stereocenters. The van der Waals surface area contributed by atoms with Crippen molar-refractivity contribution in [2.45, 2.75) is 6.54 Å². The molecule has 0 aliphatic rings. The molecule has 4 aromatic rings. The fourth-order valence-corrected chi connectivity index (χ4v) is 3.37. The fraction of sp³-hybridized carbons (Fsp3) is 0.130. The van der Waals surface area contributed by atoms with E-state index in [1.165, 1.54) is 0 Å². The van der Waals surface area contributed by atoms with Crippen molar-refractivity contribution < 1.29 is 4.79 Å². The van der Waals surface area contributed by atoms with Crippen molar-refractivity contribution in [1.29, 1.82) is 0 Å². The molecule has 0 unspecified atom stereocenters. The molecule has 10 heteroatoms. The van der Waals surface area contributed by atoms with Crippen LogP contribution in [-0.2, 0) is 6.54 Å². The maximum Gasteiger partial charge on any atom is 0.251 e. The number of anilines is 2. The number of halogens is 2. The topological polar surface area (TPSA) is 96.8 Å². The normalized spacial score (nSPS) is 10.6. The highest BCUT2D eigenvalue weighted by atomic mass is 35.5. The van der Waals surface area contributed by atoms with Gasteiger partial charge >= 0.3 is 0 Å². The SMILES string of the molecule is O=C(NCCNc1cc(-n2ccnc2)nc(NCc2cccc(Cl)c2)n1)c1ccc(Cl)cc1. The van der Waals surface area contributed by atoms with Gasteiger partial charge in [0.25, 0.3) is 5.91 Å². The third-order valence-electron chi connectivity index (χ3n) is 4.64. The van der Waals surface area contributed by atoms with E-state index in [0.29, 0.717) is 52.8 Å². The smallest absolute Gasteiger partial charge is 0.251 e. The Morgan fingerprint density at radius 2 is 1.79 bits per heavy atom. The number of carbonyl (C=O) groups is 1. The number of nitrogens with one attached hydrogen (secondary N) is 3. The molecule has 0 bridgehead atoms. The van der Waals surface area contributed by atoms with Crippen LogP contribution >= 0.6 is 23.2 Å². The minimum atomic E-state index is -0.167. The van der Waals surface area contributed by atoms with Gasteiger partial charge in [0, 0.05) is 53.7 Å². The highest BCUT2D eigenvalue weighted by molar-refractivity contribution is 6.30. The first-order valence-electron chi connectivity index (χ1n) is 10.2. The summed E-state index contributed by atoms with van der Waals surface area (Å²) in [6.07, 6.45) is 5.15. The molecule has 0 fully saturated rings. The van der Waals surface area contributed by atoms with Gasteiger partial charge in [-0.05, 0) is 42.0 Å². The quantitative estimate of drug-likeness (QED) is 0.306. The molecular weight excluding hydrogens is 461 g/mol. The van der Waals surface area contributed by atoms with Gasteiger partial charge < -0.3 is 16.0 Å². The molecule has 2 aromatic carbocycles. The lowest BCUT2D eigenvalue weighted by molar-refractivity contribution is 0.0955. The van der Waals surface area contributed by atoms with E-state index in [2.05, 4.69) is 30.9 Å². The second-order valence-electron chi connectivity index (χ2n) is 7.08. The average molecular weight is 482 g/mol. The van der Waals surface area contributed by atoms with Crippen molar-refractivity contribution in [3.8, 4) is 5.82 Å². The number of nitrogens with zero attached hydrogens (tertiary/aromatic N) is 4. The van der Waals surface area contributed by atoms with E-state index in [-0.39, 0.29) is 5.91 Å². The first kappa shape index (κ1) is 22.6. The summed E-state index contributed by atoms with van der Waals surface area (Å²) >= 11 is 11.9. The zero-order valence-electron chi connectivity index (χ0n) is 17.5. The summed E-state index contributed by atoms with van der Waals surface area (Å²) < 4.78 is 1.79. The van der Waals surface area contributed by atoms with Crippen molar-refractivity contribution in [1.82, 2.24) is 24.8 Å². The number of benzene rings is 2. The van der Waals surface area contributed by atoms with Crippen LogP contribution in [0.5, 0.6) is 0 Å². The molecule has 0 aliphatic heterocycles. The summed E-state index contributed by atoms with van der Waals surface area (Å²) in [6.45, 7) is 1.41. The molecule has 2 heterocycles. The first-order chi connectivity index (χ1) is 16.1. The van der Waals surface area contributed by atoms with Crippen LogP contribution in [0, 0.1) is 0 Å². The lowest BCUT2D eigenvalue weighted by Gasteiger charge is -2.12. The fourth-order valence-electron chi connectivity index (χ4n) is 3.03. The highest BCUT2D eigenvalue weighted by Gasteiger charge is 2.08. The summed E-state index contributed by atoms with van der Waals surface area (Å²) in [5, 5.41) is 10.6. The summed E-state index contributed by atoms with van der Waals surface area (Å²) in [5.41, 5.74) is 1.56. The molecule has 0 spiro atoms. The second-order valence-corrected chi connectivity index (χ2v) is 7.95. The van der Waals surface area contributed by atoms with Crippen LogP contribution in [0.15, 0.2) is 73.3 Å². The van der Waals surface area contributed by atoms with E-state index in [9.17, 15) is 4.79 Å². The van der Waals surface area contributed by atoms with Crippen molar-refractivity contribution in [3.05, 3.63) is 94.5 Å². The summed E-state index contributed by atoms with van der Waals surface area (Å²) in [5.74, 6) is 1.56. The molecular formula is C23H21Cl2N7O. The monoisotopic (exact) mass is 481 g/mol. The lowest BCUT2D eigenvalue weighted by atomic mass is 10.2. The van der Waals surface area contributed by atoms with E-state index >= 15 is 0 Å². The first-order valence-corrected chi connectivity index (χ1v) is 11.0. The van der Waals surface area contributed by atoms with E-state index in [1.807, 2.05) is 30.3 Å². The molecule has 168 valence electrons. The van der Waals surface area contributed by atoms with Crippen LogP contribution in [0.2, 0.25) is 10.0 Å². The number of rotatable bonds is 9. The van der Waals surface area contributed by atoms with Crippen LogP contribution in [0.25, 0.3) is 5.82 Å². The molecule has 1 amide bonds. The largest absolute Gasteiger partial charge is 0.368 e. The maximum atomic E-state index is 12.2. The van der Waals surface area contributed by atoms with Crippen LogP contribution in [-0.4, -0.2) is 38.5 Å². The average Bonchev–Trinajstić information content (AvgIpc) is 3.36. The van der Waals surface area contributed by atoms with Gasteiger partial charge in [-0.25, -0.2) is 4.98 Å². The Kier molecular flexibility index (Phi) is 7.39. The number of aromatic nitrogens is 4. The van der Waals surface area contributed by atoms with Gasteiger partial charge in [0.1, 0.15) is 18.0 Å². The Morgan fingerprint density at radius 3 is 2.55 bits per heavy atom. The number of imidazole rings is 1. The number of hydrogen-bond donors (Lipinski definition) is 3. The predicted octanol–water partition coefficient (Wildman–Crippen LogP) is 4.42. The van der Waals surface area contributed by atoms with Crippen LogP contribution in [0.1, 0.15) is 15.9 Å². The van der Waals surface area contributed by atoms with Crippen molar-refractivity contribution in [3.63, 3.8) is 0 Å². The Morgan fingerprint density at radius 1 is 0.939 bits per heavy atom. The van der Waals surface area contributed by atoms with Crippen molar-refractivity contribution in [2.24, 2.45) is 0 Å². The van der Waals surface area contributed by atoms with Gasteiger partial charge in [-0.2, -0.15) is 9.97 Å². The molecule has 33 heavy (non-hydrogen) atoms. The van der Waals surface area contributed by atoms with Gasteiger partial charge in [0.05, 0.1) is 0 Å². The molecule has 2 aromatic heterocycles. The number of hydrogen-bond acceptors (Lipinski definition) is 6. The number of carbonyl (C=O) groups excluding carboxylic acids is 1. The Hall–Kier alpha value is -3.62. The third kappa shape index (κ3) is 6.44. The zero-order valence-corrected chi connectivity index (χ0v) is 19.0. The van der Waals surface area contributed by atoms with Gasteiger partial charge in [0.15, 0.2) is 0 Å². The van der Waals surface area contributed by atoms with Gasteiger partial charge in [-0.1, -0.05) is 35.3 Å². The highest BCUT2D eigenvalue weighted by Crippen LogP contribution is 2.16. The van der Waals surface area contributed by atoms with Gasteiger partial charge in [-0.3, -0.25) is 9.36 Å². The summed E-state index contributed by atoms with van der Waals surface area (Å²) in [4.78, 5) is 25.4. The molecule has 8 nitrogen and oxygen atoms in total. The summed E-state index contributed by atoms with van der Waals surface area (Å²) in [7, 11) is 0. The second kappa shape index (κ2) is 10.8. The van der Waals surface area contributed by atoms with E-state index in [0.717, 1.165) is 5.56 Å². The molecule has 4 rings (SSSR count). The van der Waals surface area contributed by atoms with E-state index < -0.39 is 0 Å². The standard InChI is InChI=1S/C23H21Cl2N7O/c24-18-6-4-17(5-7-18)22(33)28-9-8-27-20-13-21(32-11-10-26-15-32)31-23(30-20)29-14-16-2-1-3-19(25)12-16/h1-7,10-13,15H,8-9,14H2,(H,28,33)(H2,27,29,30,31). The Balaban J connectivity index is 1.39. The molecule has 0 saturated carbocycles. The molecule has 0 radical (unpaired) electrons. The maximum absolute atomic E-state index is 12.2. The predicted molar refractivity (Wildman–Crippen MR) is 130 cm³/mol. The van der Waals surface area contributed by atoms with Crippen LogP contribution in [0.3, 0.4) is 0 Å². The van der Waals surface area contributed by atoms with E-state index in [4.69, 9.17) is 23.2 Å². The Labute approximate surface area is 201 Å². The molecule has 3 N–H and O–H groups in total. The van der Waals surface area contributed by atoms with Crippen LogP contribution < -0.4 is 16.0 Å². The van der Waals surface area contributed by atoms with Crippen molar-refractivity contribution in [2.75, 3.05) is 23.7 Å². The number of amides is 1. The van der Waals surface area contributed by atoms with E-state index in [1.54, 1.807) is 47.6 Å². The third-order valence-corrected chi connectivity index (χ3v) is 5.13. The zero-order chi connectivity index (χ0) is 23.0. The van der Waals surface area contributed by atoms with Gasteiger partial charge in [0.2, 0.25) is 5.95 Å². The molecule has 0 saturated heterocycles. The molecule has 0 aliphatic carbocycles. The Bertz CT molecular complexity index is 1210. The minimum Gasteiger partial charge on any atom is -0.368 e. The van der Waals surface area contributed by atoms with Crippen LogP contribution in [0.4, 0.5) is 11.8 Å². The van der Waals surface area contributed by atoms with Gasteiger partial charge in [-0.15, -0.1) is 0 Å².